The predicted octanol–water partition coefficient (Wildman–Crippen LogP) is 6.58. The molecular formula is C31H30N4O3. The van der Waals surface area contributed by atoms with E-state index in [1.165, 1.54) is 0 Å². The highest BCUT2D eigenvalue weighted by molar-refractivity contribution is 6.10. The Labute approximate surface area is 223 Å². The van der Waals surface area contributed by atoms with Crippen molar-refractivity contribution in [2.45, 2.75) is 27.2 Å². The summed E-state index contributed by atoms with van der Waals surface area (Å²) in [5, 5.41) is 17.5. The zero-order valence-corrected chi connectivity index (χ0v) is 21.8. The van der Waals surface area contributed by atoms with Gasteiger partial charge in [0, 0.05) is 23.0 Å². The zero-order valence-electron chi connectivity index (χ0n) is 21.8. The van der Waals surface area contributed by atoms with Gasteiger partial charge in [0.2, 0.25) is 0 Å². The van der Waals surface area contributed by atoms with Gasteiger partial charge in [0.15, 0.2) is 0 Å². The number of hydrogen-bond acceptors (Lipinski definition) is 5. The molecule has 1 heterocycles. The first-order chi connectivity index (χ1) is 18.5. The van der Waals surface area contributed by atoms with Gasteiger partial charge in [-0.2, -0.15) is 10.4 Å². The van der Waals surface area contributed by atoms with Crippen molar-refractivity contribution in [3.05, 3.63) is 95.7 Å². The minimum Gasteiger partial charge on any atom is -0.494 e. The third-order valence-corrected chi connectivity index (χ3v) is 5.76. The molecule has 1 aromatic heterocycles. The Bertz CT molecular complexity index is 1470. The normalized spacial score (nSPS) is 11.1. The van der Waals surface area contributed by atoms with Crippen LogP contribution >= 0.6 is 0 Å². The summed E-state index contributed by atoms with van der Waals surface area (Å²) < 4.78 is 13.0. The van der Waals surface area contributed by atoms with E-state index >= 15 is 0 Å². The second kappa shape index (κ2) is 12.4. The molecule has 0 spiro atoms. The first-order valence-electron chi connectivity index (χ1n) is 12.6. The minimum atomic E-state index is -0.505. The van der Waals surface area contributed by atoms with E-state index < -0.39 is 5.91 Å². The van der Waals surface area contributed by atoms with Gasteiger partial charge in [-0.25, -0.2) is 4.68 Å². The van der Waals surface area contributed by atoms with Crippen LogP contribution in [0, 0.1) is 18.3 Å². The Hall–Kier alpha value is -4.83. The van der Waals surface area contributed by atoms with E-state index in [0.29, 0.717) is 35.9 Å². The molecule has 0 aliphatic heterocycles. The molecule has 192 valence electrons. The number of rotatable bonds is 10. The minimum absolute atomic E-state index is 0.0348. The average molecular weight is 507 g/mol. The van der Waals surface area contributed by atoms with Crippen LogP contribution < -0.4 is 14.8 Å². The van der Waals surface area contributed by atoms with Crippen molar-refractivity contribution >= 4 is 17.7 Å². The lowest BCUT2D eigenvalue weighted by Gasteiger charge is -2.10. The molecular weight excluding hydrogens is 476 g/mol. The van der Waals surface area contributed by atoms with Gasteiger partial charge in [-0.15, -0.1) is 0 Å². The van der Waals surface area contributed by atoms with Gasteiger partial charge in [-0.3, -0.25) is 4.79 Å². The highest BCUT2D eigenvalue weighted by Crippen LogP contribution is 2.30. The van der Waals surface area contributed by atoms with Crippen LogP contribution in [0.2, 0.25) is 0 Å². The van der Waals surface area contributed by atoms with Crippen LogP contribution in [0.25, 0.3) is 23.0 Å². The van der Waals surface area contributed by atoms with Crippen molar-refractivity contribution < 1.29 is 14.3 Å². The van der Waals surface area contributed by atoms with Crippen LogP contribution in [-0.4, -0.2) is 28.9 Å². The maximum atomic E-state index is 13.0. The van der Waals surface area contributed by atoms with Crippen LogP contribution in [0.1, 0.15) is 31.4 Å². The van der Waals surface area contributed by atoms with Crippen molar-refractivity contribution in [3.8, 4) is 34.5 Å². The van der Waals surface area contributed by atoms with Gasteiger partial charge in [0.25, 0.3) is 5.91 Å². The number of carbonyl (C=O) groups excluding carboxylic acids is 1. The van der Waals surface area contributed by atoms with Crippen LogP contribution in [-0.2, 0) is 4.79 Å². The van der Waals surface area contributed by atoms with Crippen molar-refractivity contribution in [1.82, 2.24) is 9.78 Å². The monoisotopic (exact) mass is 506 g/mol. The first kappa shape index (κ1) is 26.2. The number of hydrogen-bond donors (Lipinski definition) is 1. The Morgan fingerprint density at radius 2 is 1.82 bits per heavy atom. The van der Waals surface area contributed by atoms with Crippen molar-refractivity contribution in [2.75, 3.05) is 18.5 Å². The number of nitriles is 1. The Balaban J connectivity index is 1.69. The van der Waals surface area contributed by atoms with Gasteiger partial charge in [0.05, 0.1) is 18.9 Å². The Morgan fingerprint density at radius 3 is 2.47 bits per heavy atom. The second-order valence-electron chi connectivity index (χ2n) is 8.62. The summed E-state index contributed by atoms with van der Waals surface area (Å²) in [5.74, 6) is 1.03. The SMILES string of the molecule is CCCOc1ccc(-c2nn(-c3ccccc3)cc2C=C(C#N)C(=O)Nc2ccc(OCC)cc2)cc1C. The van der Waals surface area contributed by atoms with E-state index in [1.807, 2.05) is 74.6 Å². The highest BCUT2D eigenvalue weighted by Gasteiger charge is 2.16. The maximum Gasteiger partial charge on any atom is 0.266 e. The number of nitrogens with one attached hydrogen (secondary N) is 1. The fraction of sp³-hybridized carbons (Fsp3) is 0.194. The number of aryl methyl sites for hydroxylation is 1. The fourth-order valence-corrected chi connectivity index (χ4v) is 3.90. The van der Waals surface area contributed by atoms with Gasteiger partial charge < -0.3 is 14.8 Å². The van der Waals surface area contributed by atoms with Crippen LogP contribution in [0.3, 0.4) is 0 Å². The molecule has 4 aromatic rings. The summed E-state index contributed by atoms with van der Waals surface area (Å²) in [6.07, 6.45) is 4.32. The third-order valence-electron chi connectivity index (χ3n) is 5.76. The standard InChI is InChI=1S/C31H30N4O3/c1-4-17-38-29-16-11-23(18-22(29)3)30-25(21-35(34-30)27-9-7-6-8-10-27)19-24(20-32)31(36)33-26-12-14-28(15-13-26)37-5-2/h6-16,18-19,21H,4-5,17H2,1-3H3,(H,33,36). The average Bonchev–Trinajstić information content (AvgIpc) is 3.36. The first-order valence-corrected chi connectivity index (χ1v) is 12.6. The number of anilines is 1. The summed E-state index contributed by atoms with van der Waals surface area (Å²) in [7, 11) is 0. The third kappa shape index (κ3) is 6.29. The number of nitrogens with zero attached hydrogens (tertiary/aromatic N) is 3. The quantitative estimate of drug-likeness (QED) is 0.194. The topological polar surface area (TPSA) is 89.2 Å². The van der Waals surface area contributed by atoms with Crippen molar-refractivity contribution in [2.24, 2.45) is 0 Å². The molecule has 3 aromatic carbocycles. The molecule has 1 amide bonds. The molecule has 38 heavy (non-hydrogen) atoms. The number of benzene rings is 3. The lowest BCUT2D eigenvalue weighted by atomic mass is 10.0. The number of ether oxygens (including phenoxy) is 2. The van der Waals surface area contributed by atoms with Gasteiger partial charge in [0.1, 0.15) is 28.8 Å². The zero-order chi connectivity index (χ0) is 26.9. The van der Waals surface area contributed by atoms with Crippen molar-refractivity contribution in [1.29, 1.82) is 5.26 Å². The van der Waals surface area contributed by atoms with Gasteiger partial charge in [-0.1, -0.05) is 25.1 Å². The molecule has 7 heteroatoms. The Morgan fingerprint density at radius 1 is 1.05 bits per heavy atom. The van der Waals surface area contributed by atoms with E-state index in [4.69, 9.17) is 14.6 Å². The van der Waals surface area contributed by atoms with E-state index in [0.717, 1.165) is 29.0 Å². The van der Waals surface area contributed by atoms with E-state index in [9.17, 15) is 10.1 Å². The molecule has 0 atom stereocenters. The summed E-state index contributed by atoms with van der Waals surface area (Å²) >= 11 is 0. The fourth-order valence-electron chi connectivity index (χ4n) is 3.90. The summed E-state index contributed by atoms with van der Waals surface area (Å²) in [6, 6.07) is 24.6. The molecule has 0 unspecified atom stereocenters. The number of para-hydroxylation sites is 1. The largest absolute Gasteiger partial charge is 0.494 e. The van der Waals surface area contributed by atoms with E-state index in [2.05, 4.69) is 12.2 Å². The maximum absolute atomic E-state index is 13.0. The Kier molecular flexibility index (Phi) is 8.57. The van der Waals surface area contributed by atoms with Gasteiger partial charge >= 0.3 is 0 Å². The second-order valence-corrected chi connectivity index (χ2v) is 8.62. The molecule has 7 nitrogen and oxygen atoms in total. The lowest BCUT2D eigenvalue weighted by molar-refractivity contribution is -0.112. The molecule has 0 saturated carbocycles. The number of aromatic nitrogens is 2. The molecule has 0 aliphatic carbocycles. The summed E-state index contributed by atoms with van der Waals surface area (Å²) in [6.45, 7) is 7.16. The van der Waals surface area contributed by atoms with E-state index in [-0.39, 0.29) is 5.57 Å². The van der Waals surface area contributed by atoms with Crippen LogP contribution in [0.4, 0.5) is 5.69 Å². The summed E-state index contributed by atoms with van der Waals surface area (Å²) in [5.41, 5.74) is 4.54. The van der Waals surface area contributed by atoms with E-state index in [1.54, 1.807) is 35.0 Å². The van der Waals surface area contributed by atoms with Crippen LogP contribution in [0.5, 0.6) is 11.5 Å². The summed E-state index contributed by atoms with van der Waals surface area (Å²) in [4.78, 5) is 13.0. The molecule has 0 aliphatic rings. The van der Waals surface area contributed by atoms with Crippen LogP contribution in [0.15, 0.2) is 84.6 Å². The predicted molar refractivity (Wildman–Crippen MR) is 149 cm³/mol. The number of amides is 1. The molecule has 0 bridgehead atoms. The van der Waals surface area contributed by atoms with Gasteiger partial charge in [-0.05, 0) is 86.5 Å². The molecule has 0 radical (unpaired) electrons. The number of carbonyl (C=O) groups is 1. The molecule has 1 N–H and O–H groups in total. The molecule has 0 saturated heterocycles. The molecule has 4 rings (SSSR count). The molecule has 0 fully saturated rings. The highest BCUT2D eigenvalue weighted by atomic mass is 16.5. The van der Waals surface area contributed by atoms with Crippen molar-refractivity contribution in [3.63, 3.8) is 0 Å². The smallest absolute Gasteiger partial charge is 0.266 e. The lowest BCUT2D eigenvalue weighted by Crippen LogP contribution is -2.13.